The maximum Gasteiger partial charge on any atom is 0.341 e. The van der Waals surface area contributed by atoms with Gasteiger partial charge in [0.1, 0.15) is 10.8 Å². The lowest BCUT2D eigenvalue weighted by Crippen LogP contribution is -2.20. The van der Waals surface area contributed by atoms with Gasteiger partial charge in [-0.25, -0.2) is 4.79 Å². The number of thiophene rings is 1. The van der Waals surface area contributed by atoms with E-state index in [0.717, 1.165) is 16.2 Å². The Bertz CT molecular complexity index is 1560. The second-order valence-corrected chi connectivity index (χ2v) is 10.9. The molecule has 3 N–H and O–H groups in total. The van der Waals surface area contributed by atoms with Crippen LogP contribution in [-0.4, -0.2) is 42.7 Å². The lowest BCUT2D eigenvalue weighted by atomic mass is 10.1. The van der Waals surface area contributed by atoms with E-state index in [4.69, 9.17) is 9.47 Å². The van der Waals surface area contributed by atoms with Crippen molar-refractivity contribution in [2.24, 2.45) is 0 Å². The number of amides is 3. The molecule has 216 valence electrons. The number of carbonyl (C=O) groups excluding carboxylic acids is 4. The molecular weight excluding hydrogens is 574 g/mol. The second kappa shape index (κ2) is 14.9. The summed E-state index contributed by atoms with van der Waals surface area (Å²) in [6.07, 6.45) is 0. The molecule has 3 aromatic carbocycles. The van der Waals surface area contributed by atoms with Crippen molar-refractivity contribution in [1.29, 1.82) is 0 Å². The van der Waals surface area contributed by atoms with Crippen LogP contribution >= 0.6 is 23.1 Å². The van der Waals surface area contributed by atoms with E-state index in [2.05, 4.69) is 16.0 Å². The van der Waals surface area contributed by atoms with Gasteiger partial charge in [0, 0.05) is 16.3 Å². The Morgan fingerprint density at radius 2 is 1.50 bits per heavy atom. The maximum atomic E-state index is 13.0. The van der Waals surface area contributed by atoms with Crippen molar-refractivity contribution in [3.8, 4) is 5.75 Å². The van der Waals surface area contributed by atoms with Gasteiger partial charge in [0.15, 0.2) is 6.61 Å². The van der Waals surface area contributed by atoms with Gasteiger partial charge in [0.25, 0.3) is 11.8 Å². The minimum atomic E-state index is -0.618. The molecule has 0 bridgehead atoms. The van der Waals surface area contributed by atoms with Crippen LogP contribution in [0.25, 0.3) is 0 Å². The SMILES string of the molecule is CCOC(=O)c1c(NC(=O)CSc2cccc(NC(=O)COc3ccccc3)c2)sc(C(=O)Nc2ccccc2)c1C. The summed E-state index contributed by atoms with van der Waals surface area (Å²) in [5.41, 5.74) is 1.75. The summed E-state index contributed by atoms with van der Waals surface area (Å²) in [6, 6.07) is 25.1. The van der Waals surface area contributed by atoms with Crippen LogP contribution in [0.3, 0.4) is 0 Å². The quantitative estimate of drug-likeness (QED) is 0.130. The van der Waals surface area contributed by atoms with Crippen molar-refractivity contribution >= 4 is 63.2 Å². The van der Waals surface area contributed by atoms with E-state index in [0.29, 0.717) is 27.6 Å². The smallest absolute Gasteiger partial charge is 0.341 e. The Labute approximate surface area is 251 Å². The number of esters is 1. The number of anilines is 3. The number of ether oxygens (including phenoxy) is 2. The molecule has 11 heteroatoms. The van der Waals surface area contributed by atoms with E-state index in [1.165, 1.54) is 11.8 Å². The largest absolute Gasteiger partial charge is 0.484 e. The molecule has 1 heterocycles. The molecule has 0 fully saturated rings. The fourth-order valence-corrected chi connectivity index (χ4v) is 5.68. The van der Waals surface area contributed by atoms with Gasteiger partial charge in [0.2, 0.25) is 5.91 Å². The van der Waals surface area contributed by atoms with E-state index in [1.807, 2.05) is 30.3 Å². The third-order valence-corrected chi connectivity index (χ3v) is 7.92. The first kappa shape index (κ1) is 30.4. The predicted molar refractivity (Wildman–Crippen MR) is 166 cm³/mol. The number of hydrogen-bond acceptors (Lipinski definition) is 8. The zero-order valence-electron chi connectivity index (χ0n) is 23.0. The number of rotatable bonds is 12. The Balaban J connectivity index is 1.38. The van der Waals surface area contributed by atoms with Crippen LogP contribution in [0.15, 0.2) is 89.8 Å². The molecule has 0 aliphatic heterocycles. The highest BCUT2D eigenvalue weighted by molar-refractivity contribution is 8.00. The molecule has 0 atom stereocenters. The van der Waals surface area contributed by atoms with E-state index in [-0.39, 0.29) is 41.3 Å². The Kier molecular flexibility index (Phi) is 10.7. The van der Waals surface area contributed by atoms with E-state index in [9.17, 15) is 19.2 Å². The van der Waals surface area contributed by atoms with Crippen LogP contribution < -0.4 is 20.7 Å². The average molecular weight is 604 g/mol. The highest BCUT2D eigenvalue weighted by Crippen LogP contribution is 2.35. The molecule has 0 saturated heterocycles. The molecular formula is C31H29N3O6S2. The van der Waals surface area contributed by atoms with Crippen LogP contribution in [0.1, 0.15) is 32.5 Å². The van der Waals surface area contributed by atoms with Gasteiger partial charge in [-0.3, -0.25) is 14.4 Å². The molecule has 4 aromatic rings. The first-order chi connectivity index (χ1) is 20.3. The van der Waals surface area contributed by atoms with Crippen LogP contribution in [0, 0.1) is 6.92 Å². The third kappa shape index (κ3) is 8.45. The fourth-order valence-electron chi connectivity index (χ4n) is 3.81. The van der Waals surface area contributed by atoms with Gasteiger partial charge in [-0.15, -0.1) is 23.1 Å². The number of carbonyl (C=O) groups is 4. The minimum absolute atomic E-state index is 0.0271. The summed E-state index contributed by atoms with van der Waals surface area (Å²) in [7, 11) is 0. The van der Waals surface area contributed by atoms with Crippen LogP contribution in [0.4, 0.5) is 16.4 Å². The molecule has 0 aliphatic carbocycles. The van der Waals surface area contributed by atoms with Gasteiger partial charge in [-0.05, 0) is 61.9 Å². The Hall–Kier alpha value is -4.61. The molecule has 1 aromatic heterocycles. The van der Waals surface area contributed by atoms with Gasteiger partial charge >= 0.3 is 5.97 Å². The maximum absolute atomic E-state index is 13.0. The molecule has 42 heavy (non-hydrogen) atoms. The zero-order chi connectivity index (χ0) is 29.9. The van der Waals surface area contributed by atoms with Crippen molar-refractivity contribution < 1.29 is 28.7 Å². The van der Waals surface area contributed by atoms with Gasteiger partial charge in [-0.2, -0.15) is 0 Å². The topological polar surface area (TPSA) is 123 Å². The zero-order valence-corrected chi connectivity index (χ0v) is 24.6. The summed E-state index contributed by atoms with van der Waals surface area (Å²) in [5, 5.41) is 8.61. The van der Waals surface area contributed by atoms with Crippen LogP contribution in [0.5, 0.6) is 5.75 Å². The summed E-state index contributed by atoms with van der Waals surface area (Å²) >= 11 is 2.27. The van der Waals surface area contributed by atoms with Crippen LogP contribution in [-0.2, 0) is 14.3 Å². The molecule has 0 saturated carbocycles. The summed E-state index contributed by atoms with van der Waals surface area (Å²) in [4.78, 5) is 52.0. The number of thioether (sulfide) groups is 1. The molecule has 0 unspecified atom stereocenters. The molecule has 0 spiro atoms. The molecule has 3 amide bonds. The molecule has 0 radical (unpaired) electrons. The normalized spacial score (nSPS) is 10.4. The van der Waals surface area contributed by atoms with Gasteiger partial charge in [-0.1, -0.05) is 42.5 Å². The number of para-hydroxylation sites is 2. The lowest BCUT2D eigenvalue weighted by Gasteiger charge is -2.09. The molecule has 4 rings (SSSR count). The standard InChI is InChI=1S/C31H29N3O6S2/c1-3-39-31(38)27-20(2)28(29(37)33-21-11-6-4-7-12-21)42-30(27)34-26(36)19-41-24-16-10-13-22(17-24)32-25(35)18-40-23-14-8-5-9-15-23/h4-17H,3,18-19H2,1-2H3,(H,32,35)(H,33,37)(H,34,36). The van der Waals surface area contributed by atoms with Crippen molar-refractivity contribution in [3.63, 3.8) is 0 Å². The van der Waals surface area contributed by atoms with Crippen molar-refractivity contribution in [3.05, 3.63) is 101 Å². The predicted octanol–water partition coefficient (Wildman–Crippen LogP) is 6.23. The average Bonchev–Trinajstić information content (AvgIpc) is 3.31. The lowest BCUT2D eigenvalue weighted by molar-refractivity contribution is -0.118. The monoisotopic (exact) mass is 603 g/mol. The molecule has 0 aliphatic rings. The number of nitrogens with one attached hydrogen (secondary N) is 3. The molecule has 9 nitrogen and oxygen atoms in total. The first-order valence-electron chi connectivity index (χ1n) is 13.0. The van der Waals surface area contributed by atoms with E-state index >= 15 is 0 Å². The summed E-state index contributed by atoms with van der Waals surface area (Å²) in [6.45, 7) is 3.34. The van der Waals surface area contributed by atoms with Gasteiger partial charge in [0.05, 0.1) is 22.8 Å². The number of benzene rings is 3. The van der Waals surface area contributed by atoms with E-state index < -0.39 is 11.9 Å². The fraction of sp³-hybridized carbons (Fsp3) is 0.161. The van der Waals surface area contributed by atoms with Crippen molar-refractivity contribution in [2.75, 3.05) is 34.9 Å². The summed E-state index contributed by atoms with van der Waals surface area (Å²) in [5.74, 6) is -1.07. The van der Waals surface area contributed by atoms with Crippen molar-refractivity contribution in [1.82, 2.24) is 0 Å². The highest BCUT2D eigenvalue weighted by atomic mass is 32.2. The minimum Gasteiger partial charge on any atom is -0.484 e. The second-order valence-electron chi connectivity index (χ2n) is 8.82. The Morgan fingerprint density at radius 1 is 0.810 bits per heavy atom. The van der Waals surface area contributed by atoms with E-state index in [1.54, 1.807) is 68.4 Å². The highest BCUT2D eigenvalue weighted by Gasteiger charge is 2.26. The van der Waals surface area contributed by atoms with Crippen LogP contribution in [0.2, 0.25) is 0 Å². The number of hydrogen-bond donors (Lipinski definition) is 3. The first-order valence-corrected chi connectivity index (χ1v) is 14.8. The third-order valence-electron chi connectivity index (χ3n) is 5.72. The summed E-state index contributed by atoms with van der Waals surface area (Å²) < 4.78 is 10.7. The van der Waals surface area contributed by atoms with Crippen molar-refractivity contribution in [2.45, 2.75) is 18.7 Å². The van der Waals surface area contributed by atoms with Gasteiger partial charge < -0.3 is 25.4 Å². The Morgan fingerprint density at radius 3 is 2.21 bits per heavy atom.